The maximum atomic E-state index is 11.1. The van der Waals surface area contributed by atoms with Gasteiger partial charge < -0.3 is 10.6 Å². The summed E-state index contributed by atoms with van der Waals surface area (Å²) in [6.45, 7) is 1.64. The highest BCUT2D eigenvalue weighted by Gasteiger charge is 2.14. The lowest BCUT2D eigenvalue weighted by atomic mass is 10.2. The minimum Gasteiger partial charge on any atom is -0.383 e. The fraction of sp³-hybridized carbons (Fsp3) is 0.474. The summed E-state index contributed by atoms with van der Waals surface area (Å²) in [7, 11) is -0.799. The maximum absolute atomic E-state index is 11.1. The Morgan fingerprint density at radius 3 is 2.60 bits per heavy atom. The number of benzene rings is 1. The van der Waals surface area contributed by atoms with Crippen LogP contribution in [0.3, 0.4) is 0 Å². The van der Waals surface area contributed by atoms with Crippen molar-refractivity contribution in [2.24, 2.45) is 0 Å². The van der Waals surface area contributed by atoms with E-state index in [0.717, 1.165) is 43.6 Å². The number of carbonyl (C=O) groups excluding carboxylic acids is 1. The third-order valence-corrected chi connectivity index (χ3v) is 5.99. The number of pyridine rings is 1. The van der Waals surface area contributed by atoms with Crippen molar-refractivity contribution in [3.63, 3.8) is 0 Å². The molecular weight excluding hydrogens is 350 g/mol. The Labute approximate surface area is 157 Å². The van der Waals surface area contributed by atoms with Crippen molar-refractivity contribution in [2.75, 3.05) is 42.9 Å². The highest BCUT2D eigenvalue weighted by Crippen LogP contribution is 2.49. The number of fused-ring (bicyclic) bond motifs is 1. The topological polar surface area (TPSA) is 54.0 Å². The number of aromatic nitrogens is 1. The number of anilines is 1. The van der Waals surface area contributed by atoms with Crippen LogP contribution in [0.1, 0.15) is 19.3 Å². The van der Waals surface area contributed by atoms with Gasteiger partial charge in [0.25, 0.3) is 0 Å². The molecule has 138 valence electrons. The number of unbranched alkanes of at least 4 members (excludes halogenated alkanes) is 2. The number of thiol groups is 1. The second-order valence-corrected chi connectivity index (χ2v) is 11.3. The molecule has 0 aliphatic rings. The average molecular weight is 380 g/mol. The molecule has 0 spiro atoms. The van der Waals surface area contributed by atoms with Crippen LogP contribution >= 0.6 is 22.7 Å². The van der Waals surface area contributed by atoms with Gasteiger partial charge in [0.05, 0.1) is 17.0 Å². The Bertz CT molecular complexity index is 713. The second-order valence-electron chi connectivity index (χ2n) is 6.84. The minimum atomic E-state index is -0.799. The van der Waals surface area contributed by atoms with Gasteiger partial charge in [0, 0.05) is 24.7 Å². The zero-order valence-electron chi connectivity index (χ0n) is 15.3. The highest BCUT2D eigenvalue weighted by molar-refractivity contribution is 8.32. The zero-order chi connectivity index (χ0) is 18.3. The van der Waals surface area contributed by atoms with E-state index >= 15 is 0 Å². The van der Waals surface area contributed by atoms with Crippen molar-refractivity contribution < 1.29 is 4.79 Å². The molecule has 4 nitrogen and oxygen atoms in total. The first-order valence-electron chi connectivity index (χ1n) is 8.61. The summed E-state index contributed by atoms with van der Waals surface area (Å²) in [5.74, 6) is 0.258. The molecule has 1 aromatic heterocycles. The van der Waals surface area contributed by atoms with Crippen LogP contribution in [0.5, 0.6) is 0 Å². The summed E-state index contributed by atoms with van der Waals surface area (Å²) < 4.78 is 0. The van der Waals surface area contributed by atoms with Crippen LogP contribution < -0.4 is 10.6 Å². The van der Waals surface area contributed by atoms with Gasteiger partial charge in [-0.15, -0.1) is 0 Å². The summed E-state index contributed by atoms with van der Waals surface area (Å²) in [5, 5.41) is 7.62. The maximum Gasteiger partial charge on any atom is 0.229 e. The predicted molar refractivity (Wildman–Crippen MR) is 115 cm³/mol. The summed E-state index contributed by atoms with van der Waals surface area (Å²) in [6.07, 6.45) is 11.9. The van der Waals surface area contributed by atoms with Crippen molar-refractivity contribution in [3.05, 3.63) is 30.5 Å². The van der Waals surface area contributed by atoms with Crippen molar-refractivity contribution in [2.45, 2.75) is 24.2 Å². The molecule has 2 N–H and O–H groups in total. The van der Waals surface area contributed by atoms with Gasteiger partial charge in [0.2, 0.25) is 5.91 Å². The molecule has 0 aliphatic carbocycles. The fourth-order valence-corrected chi connectivity index (χ4v) is 4.17. The number of hydrogen-bond donors (Lipinski definition) is 3. The zero-order valence-corrected chi connectivity index (χ0v) is 17.1. The van der Waals surface area contributed by atoms with Crippen LogP contribution in [0.2, 0.25) is 0 Å². The van der Waals surface area contributed by atoms with E-state index in [4.69, 9.17) is 0 Å². The average Bonchev–Trinajstić information content (AvgIpc) is 2.59. The van der Waals surface area contributed by atoms with Gasteiger partial charge in [-0.1, -0.05) is 6.07 Å². The van der Waals surface area contributed by atoms with Crippen molar-refractivity contribution in [1.29, 1.82) is 0 Å². The molecule has 25 heavy (non-hydrogen) atoms. The molecule has 6 heteroatoms. The van der Waals surface area contributed by atoms with Crippen LogP contribution in [0, 0.1) is 0 Å². The summed E-state index contributed by atoms with van der Waals surface area (Å²) in [6, 6.07) is 8.59. The lowest BCUT2D eigenvalue weighted by molar-refractivity contribution is -0.118. The Kier molecular flexibility index (Phi) is 7.44. The highest BCUT2D eigenvalue weighted by atomic mass is 32.3. The molecule has 0 saturated carbocycles. The van der Waals surface area contributed by atoms with Gasteiger partial charge in [0.15, 0.2) is 0 Å². The van der Waals surface area contributed by atoms with E-state index in [2.05, 4.69) is 65.2 Å². The van der Waals surface area contributed by atoms with E-state index in [0.29, 0.717) is 0 Å². The first-order chi connectivity index (χ1) is 11.9. The first-order valence-corrected chi connectivity index (χ1v) is 12.1. The summed E-state index contributed by atoms with van der Waals surface area (Å²) >= 11 is 3.94. The third kappa shape index (κ3) is 5.82. The largest absolute Gasteiger partial charge is 0.383 e. The molecule has 0 aliphatic heterocycles. The molecule has 1 amide bonds. The first kappa shape index (κ1) is 19.9. The van der Waals surface area contributed by atoms with Crippen molar-refractivity contribution in [3.8, 4) is 0 Å². The predicted octanol–water partition coefficient (Wildman–Crippen LogP) is 3.92. The van der Waals surface area contributed by atoms with E-state index in [1.807, 2.05) is 12.3 Å². The third-order valence-electron chi connectivity index (χ3n) is 4.02. The van der Waals surface area contributed by atoms with Gasteiger partial charge in [0.1, 0.15) is 0 Å². The van der Waals surface area contributed by atoms with Gasteiger partial charge >= 0.3 is 0 Å². The van der Waals surface area contributed by atoms with Crippen molar-refractivity contribution >= 4 is 45.2 Å². The minimum absolute atomic E-state index is 0.0000655. The molecule has 2 aromatic rings. The molecule has 2 rings (SSSR count). The molecule has 0 fully saturated rings. The number of hydrogen-bond acceptors (Lipinski definition) is 4. The van der Waals surface area contributed by atoms with E-state index < -0.39 is 10.0 Å². The molecule has 0 bridgehead atoms. The van der Waals surface area contributed by atoms with E-state index in [-0.39, 0.29) is 11.7 Å². The van der Waals surface area contributed by atoms with Crippen LogP contribution in [0.25, 0.3) is 10.9 Å². The molecule has 0 saturated heterocycles. The number of nitrogens with one attached hydrogen (secondary N) is 2. The Morgan fingerprint density at radius 2 is 1.88 bits per heavy atom. The molecule has 1 aromatic carbocycles. The van der Waals surface area contributed by atoms with Crippen LogP contribution in [-0.4, -0.2) is 48.5 Å². The Balaban J connectivity index is 1.91. The van der Waals surface area contributed by atoms with E-state index in [1.165, 1.54) is 10.3 Å². The molecule has 1 heterocycles. The smallest absolute Gasteiger partial charge is 0.229 e. The molecule has 0 radical (unpaired) electrons. The molecule has 0 atom stereocenters. The fourth-order valence-electron chi connectivity index (χ4n) is 2.76. The number of nitrogens with zero attached hydrogens (tertiary/aromatic N) is 1. The van der Waals surface area contributed by atoms with Gasteiger partial charge in [-0.2, -0.15) is 12.6 Å². The van der Waals surface area contributed by atoms with Gasteiger partial charge in [-0.25, -0.2) is 10.0 Å². The van der Waals surface area contributed by atoms with Crippen molar-refractivity contribution in [1.82, 2.24) is 10.3 Å². The number of amides is 1. The lowest BCUT2D eigenvalue weighted by Gasteiger charge is -2.28. The SMILES string of the molecule is CS(C)(C)c1ccc(NCCCCCNC(=O)CS)c2ncccc12. The quantitative estimate of drug-likeness (QED) is 0.457. The van der Waals surface area contributed by atoms with Crippen LogP contribution in [-0.2, 0) is 4.79 Å². The normalized spacial score (nSPS) is 12.2. The molecule has 0 unspecified atom stereocenters. The second kappa shape index (κ2) is 9.34. The van der Waals surface area contributed by atoms with Crippen LogP contribution in [0.4, 0.5) is 5.69 Å². The van der Waals surface area contributed by atoms with E-state index in [9.17, 15) is 4.79 Å². The van der Waals surface area contributed by atoms with Gasteiger partial charge in [-0.05, 0) is 61.1 Å². The monoisotopic (exact) mass is 379 g/mol. The van der Waals surface area contributed by atoms with Gasteiger partial charge in [-0.3, -0.25) is 9.78 Å². The summed E-state index contributed by atoms with van der Waals surface area (Å²) in [4.78, 5) is 17.1. The van der Waals surface area contributed by atoms with Crippen LogP contribution in [0.15, 0.2) is 35.4 Å². The Hall–Kier alpha value is -1.40. The van der Waals surface area contributed by atoms with E-state index in [1.54, 1.807) is 0 Å². The standard InChI is InChI=1S/C19H29N3OS2/c1-25(2,3)17-10-9-16(19-15(17)8-7-13-22-19)20-11-5-4-6-12-21-18(23)14-24/h7-10,13,20,24H,4-6,11-12,14H2,1-3H3,(H,21,23). The number of rotatable bonds is 9. The Morgan fingerprint density at radius 1 is 1.12 bits per heavy atom. The number of carbonyl (C=O) groups is 1. The summed E-state index contributed by atoms with van der Waals surface area (Å²) in [5.41, 5.74) is 2.16. The lowest BCUT2D eigenvalue weighted by Crippen LogP contribution is -2.25. The molecular formula is C19H29N3OS2.